The molecule has 15 heavy (non-hydrogen) atoms. The van der Waals surface area contributed by atoms with Gasteiger partial charge in [0.2, 0.25) is 0 Å². The van der Waals surface area contributed by atoms with Gasteiger partial charge in [-0.15, -0.1) is 0 Å². The molecule has 0 unspecified atom stereocenters. The zero-order chi connectivity index (χ0) is 10.9. The number of carboxylic acids is 1. The van der Waals surface area contributed by atoms with Crippen LogP contribution in [0.5, 0.6) is 0 Å². The molecule has 1 fully saturated rings. The molecule has 82 valence electrons. The Morgan fingerprint density at radius 1 is 1.60 bits per heavy atom. The molecule has 0 atom stereocenters. The van der Waals surface area contributed by atoms with Gasteiger partial charge in [0.25, 0.3) is 0 Å². The average molecular weight is 290 g/mol. The second kappa shape index (κ2) is 4.31. The predicted molar refractivity (Wildman–Crippen MR) is 64.7 cm³/mol. The van der Waals surface area contributed by atoms with E-state index in [1.807, 2.05) is 6.08 Å². The minimum atomic E-state index is -0.744. The van der Waals surface area contributed by atoms with Gasteiger partial charge >= 0.3 is 5.97 Å². The van der Waals surface area contributed by atoms with Crippen LogP contribution in [0.3, 0.4) is 0 Å². The van der Waals surface area contributed by atoms with Crippen LogP contribution < -0.4 is 4.72 Å². The van der Waals surface area contributed by atoms with Crippen LogP contribution in [0.15, 0.2) is 21.5 Å². The highest BCUT2D eigenvalue weighted by atomic mass is 79.9. The lowest BCUT2D eigenvalue weighted by molar-refractivity contribution is -0.140. The molecular weight excluding hydrogens is 278 g/mol. The first-order valence-corrected chi connectivity index (χ1v) is 6.48. The highest BCUT2D eigenvalue weighted by Crippen LogP contribution is 2.40. The van der Waals surface area contributed by atoms with E-state index in [1.165, 1.54) is 11.9 Å². The molecule has 0 aromatic carbocycles. The lowest BCUT2D eigenvalue weighted by Gasteiger charge is -2.14. The molecule has 2 aliphatic rings. The lowest BCUT2D eigenvalue weighted by Crippen LogP contribution is -2.34. The van der Waals surface area contributed by atoms with Crippen LogP contribution in [0.25, 0.3) is 0 Å². The Hall–Kier alpha value is -0.260. The minimum absolute atomic E-state index is 0.670. The van der Waals surface area contributed by atoms with Crippen LogP contribution in [0, 0.1) is 0 Å². The largest absolute Gasteiger partial charge is 0.480 e. The number of nitrogens with one attached hydrogen (secondary N) is 1. The molecule has 0 saturated heterocycles. The summed E-state index contributed by atoms with van der Waals surface area (Å²) in [5.41, 5.74) is -0.670. The normalized spacial score (nSPS) is 23.0. The molecule has 0 aliphatic heterocycles. The number of aliphatic carboxylic acids is 1. The Morgan fingerprint density at radius 2 is 2.33 bits per heavy atom. The third kappa shape index (κ3) is 2.46. The van der Waals surface area contributed by atoms with Crippen LogP contribution in [-0.4, -0.2) is 16.6 Å². The van der Waals surface area contributed by atoms with Crippen LogP contribution in [0.4, 0.5) is 0 Å². The summed E-state index contributed by atoms with van der Waals surface area (Å²) >= 11 is 4.92. The summed E-state index contributed by atoms with van der Waals surface area (Å²) < 4.78 is 4.20. The monoisotopic (exact) mass is 289 g/mol. The number of carboxylic acid groups (broad SMARTS) is 1. The molecule has 0 amide bonds. The van der Waals surface area contributed by atoms with Crippen molar-refractivity contribution in [2.75, 3.05) is 0 Å². The van der Waals surface area contributed by atoms with E-state index >= 15 is 0 Å². The third-order valence-corrected chi connectivity index (χ3v) is 4.76. The molecule has 3 nitrogen and oxygen atoms in total. The fourth-order valence-corrected chi connectivity index (χ4v) is 2.92. The van der Waals surface area contributed by atoms with Crippen molar-refractivity contribution in [3.8, 4) is 0 Å². The SMILES string of the molecule is O=C(O)C1(NSC2=C(Br)CCC=C2)CC1. The molecule has 0 spiro atoms. The van der Waals surface area contributed by atoms with E-state index < -0.39 is 11.5 Å². The maximum Gasteiger partial charge on any atom is 0.324 e. The summed E-state index contributed by atoms with van der Waals surface area (Å²) in [6, 6.07) is 0. The van der Waals surface area contributed by atoms with Crippen molar-refractivity contribution in [1.29, 1.82) is 0 Å². The number of rotatable bonds is 4. The van der Waals surface area contributed by atoms with E-state index in [0.717, 1.165) is 35.1 Å². The Kier molecular flexibility index (Phi) is 3.23. The second-order valence-electron chi connectivity index (χ2n) is 3.80. The van der Waals surface area contributed by atoms with Crippen molar-refractivity contribution in [3.05, 3.63) is 21.5 Å². The molecular formula is C10H12BrNO2S. The van der Waals surface area contributed by atoms with E-state index in [2.05, 4.69) is 26.7 Å². The van der Waals surface area contributed by atoms with Gasteiger partial charge in [-0.2, -0.15) is 0 Å². The number of hydrogen-bond acceptors (Lipinski definition) is 3. The minimum Gasteiger partial charge on any atom is -0.480 e. The van der Waals surface area contributed by atoms with Gasteiger partial charge in [-0.05, 0) is 37.6 Å². The van der Waals surface area contributed by atoms with Crippen molar-refractivity contribution >= 4 is 33.8 Å². The maximum absolute atomic E-state index is 10.9. The van der Waals surface area contributed by atoms with Crippen LogP contribution in [0.1, 0.15) is 25.7 Å². The average Bonchev–Trinajstić information content (AvgIpc) is 2.98. The second-order valence-corrected chi connectivity index (χ2v) is 5.61. The Labute approximate surface area is 101 Å². The van der Waals surface area contributed by atoms with E-state index in [1.54, 1.807) is 0 Å². The van der Waals surface area contributed by atoms with Crippen molar-refractivity contribution in [2.24, 2.45) is 0 Å². The van der Waals surface area contributed by atoms with Gasteiger partial charge in [-0.1, -0.05) is 28.1 Å². The summed E-state index contributed by atoms with van der Waals surface area (Å²) in [6.45, 7) is 0. The predicted octanol–water partition coefficient (Wildman–Crippen LogP) is 2.80. The van der Waals surface area contributed by atoms with Crippen molar-refractivity contribution in [3.63, 3.8) is 0 Å². The third-order valence-electron chi connectivity index (χ3n) is 2.58. The fourth-order valence-electron chi connectivity index (χ4n) is 1.34. The Morgan fingerprint density at radius 3 is 2.87 bits per heavy atom. The van der Waals surface area contributed by atoms with Crippen LogP contribution in [-0.2, 0) is 4.79 Å². The van der Waals surface area contributed by atoms with E-state index in [4.69, 9.17) is 5.11 Å². The fraction of sp³-hybridized carbons (Fsp3) is 0.500. The maximum atomic E-state index is 10.9. The number of carbonyl (C=O) groups is 1. The van der Waals surface area contributed by atoms with Gasteiger partial charge in [0.1, 0.15) is 5.54 Å². The van der Waals surface area contributed by atoms with E-state index in [-0.39, 0.29) is 0 Å². The van der Waals surface area contributed by atoms with Gasteiger partial charge in [-0.25, -0.2) is 4.72 Å². The highest BCUT2D eigenvalue weighted by Gasteiger charge is 2.50. The highest BCUT2D eigenvalue weighted by molar-refractivity contribution is 9.11. The van der Waals surface area contributed by atoms with Crippen LogP contribution in [0.2, 0.25) is 0 Å². The van der Waals surface area contributed by atoms with Crippen molar-refractivity contribution < 1.29 is 9.90 Å². The quantitative estimate of drug-likeness (QED) is 0.782. The summed E-state index contributed by atoms with van der Waals surface area (Å²) in [6.07, 6.45) is 7.64. The zero-order valence-corrected chi connectivity index (χ0v) is 10.5. The molecule has 2 rings (SSSR count). The molecule has 5 heteroatoms. The van der Waals surface area contributed by atoms with Crippen molar-refractivity contribution in [1.82, 2.24) is 4.72 Å². The lowest BCUT2D eigenvalue weighted by atomic mass is 10.2. The Balaban J connectivity index is 1.94. The summed E-state index contributed by atoms with van der Waals surface area (Å²) in [5, 5.41) is 8.98. The summed E-state index contributed by atoms with van der Waals surface area (Å²) in [7, 11) is 0. The zero-order valence-electron chi connectivity index (χ0n) is 8.12. The first-order valence-electron chi connectivity index (χ1n) is 4.87. The van der Waals surface area contributed by atoms with Gasteiger partial charge in [0.15, 0.2) is 0 Å². The molecule has 0 aromatic heterocycles. The molecule has 2 N–H and O–H groups in total. The van der Waals surface area contributed by atoms with Gasteiger partial charge in [0.05, 0.1) is 0 Å². The first-order chi connectivity index (χ1) is 7.14. The van der Waals surface area contributed by atoms with Gasteiger partial charge in [-0.3, -0.25) is 4.79 Å². The molecule has 1 saturated carbocycles. The standard InChI is InChI=1S/C10H12BrNO2S/c11-7-3-1-2-4-8(7)15-12-10(5-6-10)9(13)14/h2,4,12H,1,3,5-6H2,(H,13,14). The van der Waals surface area contributed by atoms with E-state index in [0.29, 0.717) is 0 Å². The molecule has 0 heterocycles. The van der Waals surface area contributed by atoms with E-state index in [9.17, 15) is 4.79 Å². The Bertz CT molecular complexity index is 347. The van der Waals surface area contributed by atoms with Gasteiger partial charge < -0.3 is 5.11 Å². The molecule has 0 radical (unpaired) electrons. The first kappa shape index (κ1) is 11.2. The summed E-state index contributed by atoms with van der Waals surface area (Å²) in [4.78, 5) is 12.0. The topological polar surface area (TPSA) is 49.3 Å². The molecule has 0 aromatic rings. The summed E-state index contributed by atoms with van der Waals surface area (Å²) in [5.74, 6) is -0.744. The van der Waals surface area contributed by atoms with Gasteiger partial charge in [0, 0.05) is 9.39 Å². The number of allylic oxidation sites excluding steroid dienone is 3. The molecule has 2 aliphatic carbocycles. The smallest absolute Gasteiger partial charge is 0.324 e. The molecule has 0 bridgehead atoms. The number of hydrogen-bond donors (Lipinski definition) is 2. The van der Waals surface area contributed by atoms with Crippen LogP contribution >= 0.6 is 27.9 Å². The number of halogens is 1. The van der Waals surface area contributed by atoms with Crippen molar-refractivity contribution in [2.45, 2.75) is 31.2 Å².